The average molecular weight is 578 g/mol. The van der Waals surface area contributed by atoms with Crippen LogP contribution in [0.2, 0.25) is 10.0 Å². The number of carbonyl (C=O) groups is 2. The van der Waals surface area contributed by atoms with Crippen molar-refractivity contribution < 1.29 is 24.2 Å². The van der Waals surface area contributed by atoms with E-state index in [9.17, 15) is 9.59 Å². The van der Waals surface area contributed by atoms with Crippen molar-refractivity contribution in [2.45, 2.75) is 46.1 Å². The van der Waals surface area contributed by atoms with E-state index in [1.807, 2.05) is 30.5 Å². The number of hydrogen-bond acceptors (Lipinski definition) is 6. The number of para-hydroxylation sites is 1. The van der Waals surface area contributed by atoms with Crippen molar-refractivity contribution in [3.63, 3.8) is 0 Å². The lowest BCUT2D eigenvalue weighted by Crippen LogP contribution is -2.12. The topological polar surface area (TPSA) is 97.8 Å². The van der Waals surface area contributed by atoms with Gasteiger partial charge in [-0.15, -0.1) is 11.3 Å². The summed E-state index contributed by atoms with van der Waals surface area (Å²) < 4.78 is 11.8. The Balaban J connectivity index is 1.86. The van der Waals surface area contributed by atoms with Gasteiger partial charge in [0.1, 0.15) is 5.75 Å². The average Bonchev–Trinajstić information content (AvgIpc) is 3.35. The number of nitrogens with one attached hydrogen (secondary N) is 1. The second-order valence-electron chi connectivity index (χ2n) is 8.49. The van der Waals surface area contributed by atoms with E-state index in [4.69, 9.17) is 37.8 Å². The zero-order valence-electron chi connectivity index (χ0n) is 21.6. The molecule has 0 aliphatic carbocycles. The number of aromatic nitrogens is 1. The van der Waals surface area contributed by atoms with Crippen LogP contribution in [-0.2, 0) is 9.53 Å². The number of halogens is 2. The van der Waals surface area contributed by atoms with Crippen LogP contribution >= 0.6 is 34.5 Å². The maximum atomic E-state index is 12.9. The van der Waals surface area contributed by atoms with Gasteiger partial charge in [0.2, 0.25) is 0 Å². The third kappa shape index (κ3) is 7.14. The van der Waals surface area contributed by atoms with Gasteiger partial charge in [-0.1, -0.05) is 55.1 Å². The zero-order valence-corrected chi connectivity index (χ0v) is 24.0. The summed E-state index contributed by atoms with van der Waals surface area (Å²) in [4.78, 5) is 28.7. The van der Waals surface area contributed by atoms with Crippen LogP contribution in [-0.4, -0.2) is 35.7 Å². The summed E-state index contributed by atoms with van der Waals surface area (Å²) in [6.45, 7) is 6.16. The van der Waals surface area contributed by atoms with Crippen molar-refractivity contribution in [3.8, 4) is 17.0 Å². The number of methoxy groups -OCH3 is 1. The predicted octanol–water partition coefficient (Wildman–Crippen LogP) is 8.13. The minimum absolute atomic E-state index is 0.0683. The molecule has 1 atom stereocenters. The first-order valence-electron chi connectivity index (χ1n) is 12.2. The van der Waals surface area contributed by atoms with E-state index in [0.717, 1.165) is 30.4 Å². The van der Waals surface area contributed by atoms with E-state index < -0.39 is 11.9 Å². The van der Waals surface area contributed by atoms with Gasteiger partial charge >= 0.3 is 5.97 Å². The first-order valence-corrected chi connectivity index (χ1v) is 13.8. The molecule has 0 unspecified atom stereocenters. The minimum atomic E-state index is -1.09. The molecule has 10 heteroatoms. The van der Waals surface area contributed by atoms with Crippen LogP contribution in [0.1, 0.15) is 67.6 Å². The SMILES string of the molecule is CCCC[C@@H](OCC)c1cccc(-c2csc(NC(=O)c3cc(Cl)c(/C=C(\C)C(=O)O)c(Cl)c3)n2)c1OC. The Morgan fingerprint density at radius 3 is 2.53 bits per heavy atom. The Hall–Kier alpha value is -2.91. The molecule has 1 amide bonds. The van der Waals surface area contributed by atoms with E-state index in [1.165, 1.54) is 36.5 Å². The number of anilines is 1. The number of nitrogens with zero attached hydrogens (tertiary/aromatic N) is 1. The molecule has 3 rings (SSSR count). The molecule has 7 nitrogen and oxygen atoms in total. The van der Waals surface area contributed by atoms with Crippen molar-refractivity contribution in [2.75, 3.05) is 19.0 Å². The predicted molar refractivity (Wildman–Crippen MR) is 154 cm³/mol. The van der Waals surface area contributed by atoms with E-state index in [2.05, 4.69) is 17.2 Å². The lowest BCUT2D eigenvalue weighted by Gasteiger charge is -2.21. The molecule has 0 radical (unpaired) electrons. The first kappa shape index (κ1) is 29.6. The molecule has 202 valence electrons. The van der Waals surface area contributed by atoms with Crippen LogP contribution in [0.25, 0.3) is 17.3 Å². The van der Waals surface area contributed by atoms with Gasteiger partial charge in [-0.3, -0.25) is 10.1 Å². The lowest BCUT2D eigenvalue weighted by atomic mass is 9.99. The molecule has 2 N–H and O–H groups in total. The number of rotatable bonds is 12. The number of carboxylic acid groups (broad SMARTS) is 1. The van der Waals surface area contributed by atoms with Crippen LogP contribution in [0.15, 0.2) is 41.3 Å². The van der Waals surface area contributed by atoms with Crippen LogP contribution in [0.5, 0.6) is 5.75 Å². The van der Waals surface area contributed by atoms with E-state index >= 15 is 0 Å². The van der Waals surface area contributed by atoms with Gasteiger partial charge in [0.05, 0.1) is 29.0 Å². The number of carboxylic acids is 1. The summed E-state index contributed by atoms with van der Waals surface area (Å²) in [6, 6.07) is 8.77. The number of amides is 1. The fourth-order valence-electron chi connectivity index (χ4n) is 3.91. The Morgan fingerprint density at radius 2 is 1.92 bits per heavy atom. The van der Waals surface area contributed by atoms with Crippen LogP contribution in [0.4, 0.5) is 5.13 Å². The molecule has 0 aliphatic heterocycles. The van der Waals surface area contributed by atoms with Gasteiger partial charge in [-0.05, 0) is 44.5 Å². The van der Waals surface area contributed by atoms with Gasteiger partial charge in [0.25, 0.3) is 5.91 Å². The number of thiazole rings is 1. The van der Waals surface area contributed by atoms with Gasteiger partial charge in [-0.25, -0.2) is 9.78 Å². The number of aliphatic carboxylic acids is 1. The van der Waals surface area contributed by atoms with E-state index in [-0.39, 0.29) is 27.3 Å². The number of ether oxygens (including phenoxy) is 2. The Morgan fingerprint density at radius 1 is 1.21 bits per heavy atom. The van der Waals surface area contributed by atoms with E-state index in [1.54, 1.807) is 7.11 Å². The summed E-state index contributed by atoms with van der Waals surface area (Å²) >= 11 is 13.9. The second kappa shape index (κ2) is 13.8. The smallest absolute Gasteiger partial charge is 0.331 e. The molecule has 3 aromatic rings. The molecule has 2 aromatic carbocycles. The lowest BCUT2D eigenvalue weighted by molar-refractivity contribution is -0.132. The molecule has 0 aliphatic rings. The molecule has 1 heterocycles. The van der Waals surface area contributed by atoms with Crippen LogP contribution in [0.3, 0.4) is 0 Å². The normalized spacial score (nSPS) is 12.3. The number of hydrogen-bond donors (Lipinski definition) is 2. The summed E-state index contributed by atoms with van der Waals surface area (Å²) in [5.74, 6) is -0.837. The van der Waals surface area contributed by atoms with Crippen molar-refractivity contribution in [1.29, 1.82) is 0 Å². The molecule has 0 spiro atoms. The standard InChI is InChI=1S/C28H30Cl2N2O5S/c1-5-7-11-24(37-6-2)19-10-8-9-18(25(19)36-4)23-15-38-28(31-23)32-26(33)17-13-21(29)20(22(30)14-17)12-16(3)27(34)35/h8-10,12-15,24H,5-7,11H2,1-4H3,(H,34,35)(H,31,32,33)/b16-12+/t24-/m1/s1. The maximum absolute atomic E-state index is 12.9. The Labute approximate surface area is 236 Å². The molecule has 38 heavy (non-hydrogen) atoms. The van der Waals surface area contributed by atoms with E-state index in [0.29, 0.717) is 28.7 Å². The monoisotopic (exact) mass is 576 g/mol. The molecule has 0 bridgehead atoms. The fraction of sp³-hybridized carbons (Fsp3) is 0.321. The Kier molecular flexibility index (Phi) is 10.7. The maximum Gasteiger partial charge on any atom is 0.331 e. The second-order valence-corrected chi connectivity index (χ2v) is 10.2. The van der Waals surface area contributed by atoms with Gasteiger partial charge in [0.15, 0.2) is 5.13 Å². The highest BCUT2D eigenvalue weighted by atomic mass is 35.5. The summed E-state index contributed by atoms with van der Waals surface area (Å²) in [5, 5.41) is 14.5. The number of carbonyl (C=O) groups excluding carboxylic acids is 1. The summed E-state index contributed by atoms with van der Waals surface area (Å²) in [7, 11) is 1.63. The fourth-order valence-corrected chi connectivity index (χ4v) is 5.21. The minimum Gasteiger partial charge on any atom is -0.496 e. The number of benzene rings is 2. The van der Waals surface area contributed by atoms with Crippen molar-refractivity contribution in [3.05, 3.63) is 68.0 Å². The Bertz CT molecular complexity index is 1320. The van der Waals surface area contributed by atoms with Crippen molar-refractivity contribution in [1.82, 2.24) is 4.98 Å². The summed E-state index contributed by atoms with van der Waals surface area (Å²) in [6.07, 6.45) is 4.27. The highest BCUT2D eigenvalue weighted by Gasteiger charge is 2.21. The zero-order chi connectivity index (χ0) is 27.8. The first-order chi connectivity index (χ1) is 18.2. The van der Waals surface area contributed by atoms with Gasteiger partial charge in [0, 0.05) is 39.8 Å². The van der Waals surface area contributed by atoms with Gasteiger partial charge in [-0.2, -0.15) is 0 Å². The third-order valence-electron chi connectivity index (χ3n) is 5.82. The van der Waals surface area contributed by atoms with Crippen LogP contribution < -0.4 is 10.1 Å². The van der Waals surface area contributed by atoms with Gasteiger partial charge < -0.3 is 14.6 Å². The molecule has 0 fully saturated rings. The van der Waals surface area contributed by atoms with Crippen molar-refractivity contribution in [2.24, 2.45) is 0 Å². The molecule has 0 saturated heterocycles. The largest absolute Gasteiger partial charge is 0.496 e. The third-order valence-corrected chi connectivity index (χ3v) is 7.21. The molecule has 0 saturated carbocycles. The van der Waals surface area contributed by atoms with Crippen molar-refractivity contribution >= 4 is 57.6 Å². The quantitative estimate of drug-likeness (QED) is 0.211. The highest BCUT2D eigenvalue weighted by molar-refractivity contribution is 7.14. The number of unbranched alkanes of at least 4 members (excludes halogenated alkanes) is 1. The highest BCUT2D eigenvalue weighted by Crippen LogP contribution is 2.40. The molecule has 1 aromatic heterocycles. The molecular weight excluding hydrogens is 547 g/mol. The summed E-state index contributed by atoms with van der Waals surface area (Å²) in [5.41, 5.74) is 3.05. The molecular formula is C28H30Cl2N2O5S. The van der Waals surface area contributed by atoms with Crippen LogP contribution in [0, 0.1) is 0 Å².